The highest BCUT2D eigenvalue weighted by molar-refractivity contribution is 5.92. The Labute approximate surface area is 113 Å². The topological polar surface area (TPSA) is 150 Å². The smallest absolute Gasteiger partial charge is 0.339 e. The van der Waals surface area contributed by atoms with Gasteiger partial charge in [0.2, 0.25) is 0 Å². The van der Waals surface area contributed by atoms with Gasteiger partial charge in [-0.1, -0.05) is 0 Å². The third kappa shape index (κ3) is 3.95. The van der Waals surface area contributed by atoms with E-state index in [1.807, 2.05) is 0 Å². The van der Waals surface area contributed by atoms with Crippen molar-refractivity contribution >= 4 is 23.9 Å². The van der Waals surface area contributed by atoms with Gasteiger partial charge in [-0.25, -0.2) is 4.79 Å². The highest BCUT2D eigenvalue weighted by atomic mass is 16.4. The van der Waals surface area contributed by atoms with Crippen molar-refractivity contribution in [3.63, 3.8) is 0 Å². The number of nitrogens with one attached hydrogen (secondary N) is 1. The molecule has 2 atom stereocenters. The number of anilines is 1. The van der Waals surface area contributed by atoms with E-state index in [2.05, 4.69) is 5.32 Å². The van der Waals surface area contributed by atoms with Gasteiger partial charge in [0.1, 0.15) is 17.6 Å². The fourth-order valence-electron chi connectivity index (χ4n) is 1.58. The van der Waals surface area contributed by atoms with Gasteiger partial charge in [0.15, 0.2) is 0 Å². The van der Waals surface area contributed by atoms with E-state index < -0.39 is 36.2 Å². The van der Waals surface area contributed by atoms with E-state index in [0.29, 0.717) is 6.29 Å². The van der Waals surface area contributed by atoms with E-state index in [1.54, 1.807) is 0 Å². The van der Waals surface area contributed by atoms with Gasteiger partial charge in [-0.15, -0.1) is 0 Å². The van der Waals surface area contributed by atoms with Crippen LogP contribution < -0.4 is 11.1 Å². The van der Waals surface area contributed by atoms with Crippen LogP contribution in [0.1, 0.15) is 16.8 Å². The predicted octanol–water partition coefficient (Wildman–Crippen LogP) is -0.128. The number of aromatic carboxylic acids is 1. The first-order valence-electron chi connectivity index (χ1n) is 5.60. The Morgan fingerprint density at radius 2 is 2.00 bits per heavy atom. The SMILES string of the molecule is N[C@H](C=O)C(CC(=O)O)Nc1ccc(O)c(C(=O)O)c1. The molecule has 6 N–H and O–H groups in total. The summed E-state index contributed by atoms with van der Waals surface area (Å²) in [6, 6.07) is 1.68. The summed E-state index contributed by atoms with van der Waals surface area (Å²) in [5.74, 6) is -2.91. The zero-order valence-corrected chi connectivity index (χ0v) is 10.3. The molecule has 20 heavy (non-hydrogen) atoms. The first kappa shape index (κ1) is 15.4. The van der Waals surface area contributed by atoms with Crippen molar-refractivity contribution in [3.8, 4) is 5.75 Å². The number of aliphatic carboxylic acids is 1. The summed E-state index contributed by atoms with van der Waals surface area (Å²) in [4.78, 5) is 32.2. The quantitative estimate of drug-likeness (QED) is 0.343. The van der Waals surface area contributed by atoms with E-state index >= 15 is 0 Å². The van der Waals surface area contributed by atoms with Crippen LogP contribution >= 0.6 is 0 Å². The number of aldehydes is 1. The summed E-state index contributed by atoms with van der Waals surface area (Å²) in [5.41, 5.74) is 5.38. The van der Waals surface area contributed by atoms with Crippen LogP contribution in [0.3, 0.4) is 0 Å². The lowest BCUT2D eigenvalue weighted by Gasteiger charge is -2.21. The number of carboxylic acid groups (broad SMARTS) is 2. The summed E-state index contributed by atoms with van der Waals surface area (Å²) in [5, 5.41) is 29.6. The Morgan fingerprint density at radius 3 is 2.50 bits per heavy atom. The summed E-state index contributed by atoms with van der Waals surface area (Å²) < 4.78 is 0. The molecule has 0 spiro atoms. The second-order valence-corrected chi connectivity index (χ2v) is 4.10. The summed E-state index contributed by atoms with van der Waals surface area (Å²) in [6.45, 7) is 0. The van der Waals surface area contributed by atoms with Crippen molar-refractivity contribution in [1.29, 1.82) is 0 Å². The molecule has 0 bridgehead atoms. The number of carboxylic acids is 2. The monoisotopic (exact) mass is 282 g/mol. The van der Waals surface area contributed by atoms with Crippen LogP contribution in [0.15, 0.2) is 18.2 Å². The largest absolute Gasteiger partial charge is 0.507 e. The fraction of sp³-hybridized carbons (Fsp3) is 0.250. The van der Waals surface area contributed by atoms with Gasteiger partial charge < -0.3 is 31.2 Å². The molecule has 8 nitrogen and oxygen atoms in total. The molecule has 0 heterocycles. The van der Waals surface area contributed by atoms with E-state index in [-0.39, 0.29) is 11.3 Å². The molecular formula is C12H14N2O6. The van der Waals surface area contributed by atoms with Crippen molar-refractivity contribution in [3.05, 3.63) is 23.8 Å². The van der Waals surface area contributed by atoms with Crippen LogP contribution in [-0.2, 0) is 9.59 Å². The van der Waals surface area contributed by atoms with Gasteiger partial charge in [-0.3, -0.25) is 4.79 Å². The maximum atomic E-state index is 10.9. The Kier molecular flexibility index (Phi) is 5.04. The molecule has 0 radical (unpaired) electrons. The number of hydrogen-bond donors (Lipinski definition) is 5. The zero-order chi connectivity index (χ0) is 15.3. The number of hydrogen-bond acceptors (Lipinski definition) is 6. The molecule has 0 aliphatic carbocycles. The summed E-state index contributed by atoms with van der Waals surface area (Å²) in [6.07, 6.45) is -0.0116. The summed E-state index contributed by atoms with van der Waals surface area (Å²) >= 11 is 0. The Hall–Kier alpha value is -2.61. The zero-order valence-electron chi connectivity index (χ0n) is 10.3. The number of phenols is 1. The van der Waals surface area contributed by atoms with E-state index in [9.17, 15) is 19.5 Å². The first-order chi connectivity index (χ1) is 9.35. The third-order valence-corrected chi connectivity index (χ3v) is 2.60. The number of carbonyl (C=O) groups excluding carboxylic acids is 1. The summed E-state index contributed by atoms with van der Waals surface area (Å²) in [7, 11) is 0. The lowest BCUT2D eigenvalue weighted by atomic mass is 10.1. The van der Waals surface area contributed by atoms with Crippen molar-refractivity contribution in [2.75, 3.05) is 5.32 Å². The van der Waals surface area contributed by atoms with E-state index in [0.717, 1.165) is 12.1 Å². The van der Waals surface area contributed by atoms with Crippen LogP contribution in [-0.4, -0.2) is 45.6 Å². The number of rotatable bonds is 7. The minimum absolute atomic E-state index is 0.240. The second-order valence-electron chi connectivity index (χ2n) is 4.10. The molecule has 8 heteroatoms. The molecule has 0 saturated heterocycles. The second kappa shape index (κ2) is 6.53. The van der Waals surface area contributed by atoms with E-state index in [1.165, 1.54) is 6.07 Å². The molecule has 0 amide bonds. The molecule has 0 aliphatic rings. The van der Waals surface area contributed by atoms with Crippen LogP contribution in [0.2, 0.25) is 0 Å². The van der Waals surface area contributed by atoms with Crippen molar-refractivity contribution in [1.82, 2.24) is 0 Å². The van der Waals surface area contributed by atoms with Crippen LogP contribution in [0.25, 0.3) is 0 Å². The molecule has 0 aromatic heterocycles. The molecule has 0 aliphatic heterocycles. The highest BCUT2D eigenvalue weighted by Gasteiger charge is 2.21. The van der Waals surface area contributed by atoms with Gasteiger partial charge in [0.05, 0.1) is 18.5 Å². The van der Waals surface area contributed by atoms with Gasteiger partial charge in [0, 0.05) is 5.69 Å². The Morgan fingerprint density at radius 1 is 1.35 bits per heavy atom. The molecule has 1 aromatic carbocycles. The number of benzene rings is 1. The number of aromatic hydroxyl groups is 1. The number of nitrogens with two attached hydrogens (primary N) is 1. The predicted molar refractivity (Wildman–Crippen MR) is 68.8 cm³/mol. The molecule has 1 rings (SSSR count). The fourth-order valence-corrected chi connectivity index (χ4v) is 1.58. The molecule has 1 aromatic rings. The molecule has 1 unspecified atom stereocenters. The molecule has 0 fully saturated rings. The van der Waals surface area contributed by atoms with Gasteiger partial charge >= 0.3 is 11.9 Å². The van der Waals surface area contributed by atoms with Crippen molar-refractivity contribution < 1.29 is 29.7 Å². The van der Waals surface area contributed by atoms with Crippen molar-refractivity contribution in [2.24, 2.45) is 5.73 Å². The molecular weight excluding hydrogens is 268 g/mol. The van der Waals surface area contributed by atoms with Crippen LogP contribution in [0.4, 0.5) is 5.69 Å². The highest BCUT2D eigenvalue weighted by Crippen LogP contribution is 2.22. The maximum Gasteiger partial charge on any atom is 0.339 e. The Bertz CT molecular complexity index is 531. The Balaban J connectivity index is 2.98. The lowest BCUT2D eigenvalue weighted by molar-refractivity contribution is -0.137. The molecule has 108 valence electrons. The first-order valence-corrected chi connectivity index (χ1v) is 5.60. The normalized spacial score (nSPS) is 13.2. The average Bonchev–Trinajstić information content (AvgIpc) is 2.38. The van der Waals surface area contributed by atoms with Gasteiger partial charge in [0.25, 0.3) is 0 Å². The maximum absolute atomic E-state index is 10.9. The van der Waals surface area contributed by atoms with Gasteiger partial charge in [-0.2, -0.15) is 0 Å². The lowest BCUT2D eigenvalue weighted by Crippen LogP contribution is -2.42. The molecule has 0 saturated carbocycles. The minimum Gasteiger partial charge on any atom is -0.507 e. The van der Waals surface area contributed by atoms with Crippen LogP contribution in [0.5, 0.6) is 5.75 Å². The minimum atomic E-state index is -1.33. The van der Waals surface area contributed by atoms with E-state index in [4.69, 9.17) is 15.9 Å². The number of carbonyl (C=O) groups is 3. The van der Waals surface area contributed by atoms with Crippen LogP contribution in [0, 0.1) is 0 Å². The standard InChI is InChI=1S/C12H14N2O6/c13-8(5-15)9(4-11(17)18)14-6-1-2-10(16)7(3-6)12(19)20/h1-3,5,8-9,14,16H,4,13H2,(H,17,18)(H,19,20)/t8-,9?/m1/s1. The average molecular weight is 282 g/mol. The van der Waals surface area contributed by atoms with Gasteiger partial charge in [-0.05, 0) is 18.2 Å². The third-order valence-electron chi connectivity index (χ3n) is 2.60. The van der Waals surface area contributed by atoms with Crippen molar-refractivity contribution in [2.45, 2.75) is 18.5 Å².